The molecule has 1 aromatic rings. The van der Waals surface area contributed by atoms with Crippen LogP contribution in [0.15, 0.2) is 24.3 Å². The van der Waals surface area contributed by atoms with Crippen LogP contribution in [0, 0.1) is 0 Å². The second kappa shape index (κ2) is 3.20. The molecular formula is C8H6NO4PS. The summed E-state index contributed by atoms with van der Waals surface area (Å²) in [6.45, 7) is -4.18. The molecule has 1 aromatic carbocycles. The van der Waals surface area contributed by atoms with Crippen molar-refractivity contribution in [1.29, 1.82) is 0 Å². The van der Waals surface area contributed by atoms with E-state index in [1.165, 1.54) is 12.1 Å². The first-order valence-electron chi connectivity index (χ1n) is 3.97. The number of rotatable bonds is 1. The second-order valence-electron chi connectivity index (χ2n) is 2.98. The fourth-order valence-corrected chi connectivity index (χ4v) is 2.59. The lowest BCUT2D eigenvalue weighted by atomic mass is 10.1. The average Bonchev–Trinajstić information content (AvgIpc) is 2.39. The summed E-state index contributed by atoms with van der Waals surface area (Å²) in [7, 11) is 0. The van der Waals surface area contributed by atoms with Gasteiger partial charge >= 0.3 is 6.72 Å². The van der Waals surface area contributed by atoms with Crippen LogP contribution < -0.4 is 0 Å². The number of fused-ring (bicyclic) bond motifs is 1. The van der Waals surface area contributed by atoms with Crippen molar-refractivity contribution in [2.24, 2.45) is 0 Å². The van der Waals surface area contributed by atoms with Crippen LogP contribution in [0.1, 0.15) is 20.7 Å². The summed E-state index contributed by atoms with van der Waals surface area (Å²) in [6.07, 6.45) is 0. The van der Waals surface area contributed by atoms with E-state index in [2.05, 4.69) is 12.2 Å². The topological polar surface area (TPSA) is 74.7 Å². The zero-order valence-electron chi connectivity index (χ0n) is 7.32. The van der Waals surface area contributed by atoms with Crippen LogP contribution in [0.3, 0.4) is 0 Å². The molecule has 0 saturated heterocycles. The maximum absolute atomic E-state index is 11.6. The molecule has 1 heterocycles. The maximum Gasteiger partial charge on any atom is 0.357 e. The van der Waals surface area contributed by atoms with Gasteiger partial charge in [-0.3, -0.25) is 14.2 Å². The minimum atomic E-state index is -4.18. The second-order valence-corrected chi connectivity index (χ2v) is 5.97. The Kier molecular flexibility index (Phi) is 2.22. The summed E-state index contributed by atoms with van der Waals surface area (Å²) in [5, 5.41) is 0. The first kappa shape index (κ1) is 10.4. The van der Waals surface area contributed by atoms with Gasteiger partial charge in [-0.25, -0.2) is 0 Å². The number of thiol groups is 1. The maximum atomic E-state index is 11.6. The molecule has 0 bridgehead atoms. The Morgan fingerprint density at radius 2 is 1.53 bits per heavy atom. The third kappa shape index (κ3) is 1.51. The highest BCUT2D eigenvalue weighted by atomic mass is 32.7. The summed E-state index contributed by atoms with van der Waals surface area (Å²) in [5.74, 6) is -1.56. The number of hydrogen-bond donors (Lipinski definition) is 2. The van der Waals surface area contributed by atoms with Crippen molar-refractivity contribution >= 4 is 30.8 Å². The zero-order valence-corrected chi connectivity index (χ0v) is 9.11. The third-order valence-corrected chi connectivity index (χ3v) is 3.45. The molecule has 2 amide bonds. The van der Waals surface area contributed by atoms with E-state index in [-0.39, 0.29) is 11.1 Å². The number of amides is 2. The van der Waals surface area contributed by atoms with Gasteiger partial charge in [-0.2, -0.15) is 4.67 Å². The standard InChI is InChI=1S/C8H6NO4PS/c10-7-5-3-1-2-4-6(5)8(11)9(7)14(12,13)15/h1-4H,(H2,12,13,15). The van der Waals surface area contributed by atoms with Crippen molar-refractivity contribution in [2.75, 3.05) is 0 Å². The van der Waals surface area contributed by atoms with E-state index in [4.69, 9.17) is 4.89 Å². The van der Waals surface area contributed by atoms with Gasteiger partial charge < -0.3 is 4.89 Å². The minimum Gasteiger partial charge on any atom is -0.321 e. The lowest BCUT2D eigenvalue weighted by molar-refractivity contribution is 0.0755. The molecule has 0 spiro atoms. The molecule has 0 radical (unpaired) electrons. The number of hydrogen-bond acceptors (Lipinski definition) is 3. The van der Waals surface area contributed by atoms with Crippen molar-refractivity contribution in [1.82, 2.24) is 4.67 Å². The molecular weight excluding hydrogens is 237 g/mol. The monoisotopic (exact) mass is 243 g/mol. The van der Waals surface area contributed by atoms with E-state index < -0.39 is 18.5 Å². The molecule has 15 heavy (non-hydrogen) atoms. The van der Waals surface area contributed by atoms with Crippen LogP contribution in [0.5, 0.6) is 0 Å². The lowest BCUT2D eigenvalue weighted by Crippen LogP contribution is -2.24. The van der Waals surface area contributed by atoms with Gasteiger partial charge in [0, 0.05) is 0 Å². The van der Waals surface area contributed by atoms with Gasteiger partial charge in [-0.15, -0.1) is 0 Å². The Labute approximate surface area is 90.4 Å². The smallest absolute Gasteiger partial charge is 0.321 e. The summed E-state index contributed by atoms with van der Waals surface area (Å²) >= 11 is 3.37. The number of nitrogens with zero attached hydrogens (tertiary/aromatic N) is 1. The number of benzene rings is 1. The van der Waals surface area contributed by atoms with Crippen LogP contribution in [-0.2, 0) is 4.57 Å². The number of carbonyl (C=O) groups excluding carboxylic acids is 2. The average molecular weight is 243 g/mol. The van der Waals surface area contributed by atoms with Crippen molar-refractivity contribution < 1.29 is 19.0 Å². The highest BCUT2D eigenvalue weighted by Gasteiger charge is 2.43. The molecule has 2 rings (SSSR count). The Bertz CT molecular complexity index is 474. The molecule has 5 nitrogen and oxygen atoms in total. The molecule has 7 heteroatoms. The van der Waals surface area contributed by atoms with E-state index >= 15 is 0 Å². The molecule has 0 fully saturated rings. The van der Waals surface area contributed by atoms with E-state index in [0.717, 1.165) is 0 Å². The van der Waals surface area contributed by atoms with Crippen molar-refractivity contribution in [2.45, 2.75) is 0 Å². The van der Waals surface area contributed by atoms with Crippen LogP contribution in [0.4, 0.5) is 0 Å². The van der Waals surface area contributed by atoms with Gasteiger partial charge in [0.1, 0.15) is 0 Å². The van der Waals surface area contributed by atoms with Crippen LogP contribution in [0.25, 0.3) is 0 Å². The minimum absolute atomic E-state index is 0.130. The molecule has 1 aliphatic heterocycles. The van der Waals surface area contributed by atoms with Gasteiger partial charge in [0.2, 0.25) is 0 Å². The van der Waals surface area contributed by atoms with Crippen molar-refractivity contribution in [3.05, 3.63) is 35.4 Å². The van der Waals surface area contributed by atoms with Gasteiger partial charge in [0.05, 0.1) is 11.1 Å². The number of imide groups is 1. The SMILES string of the molecule is O=C1c2ccccc2C(=O)N1P(=O)(O)S. The van der Waals surface area contributed by atoms with E-state index in [0.29, 0.717) is 4.67 Å². The first-order chi connectivity index (χ1) is 6.93. The predicted octanol–water partition coefficient (Wildman–Crippen LogP) is 1.31. The molecule has 1 N–H and O–H groups in total. The highest BCUT2D eigenvalue weighted by molar-refractivity contribution is 8.45. The van der Waals surface area contributed by atoms with Crippen LogP contribution >= 0.6 is 19.0 Å². The Morgan fingerprint density at radius 3 is 1.87 bits per heavy atom. The normalized spacial score (nSPS) is 18.9. The lowest BCUT2D eigenvalue weighted by Gasteiger charge is -2.14. The summed E-state index contributed by atoms with van der Waals surface area (Å²) in [5.41, 5.74) is 0.261. The van der Waals surface area contributed by atoms with Gasteiger partial charge in [-0.05, 0) is 12.1 Å². The Balaban J connectivity index is 2.60. The Morgan fingerprint density at radius 1 is 1.13 bits per heavy atom. The molecule has 1 unspecified atom stereocenters. The quantitative estimate of drug-likeness (QED) is 0.443. The summed E-state index contributed by atoms with van der Waals surface area (Å²) in [6, 6.07) is 6.01. The molecule has 1 atom stereocenters. The summed E-state index contributed by atoms with van der Waals surface area (Å²) < 4.78 is 11.5. The largest absolute Gasteiger partial charge is 0.357 e. The summed E-state index contributed by atoms with van der Waals surface area (Å²) in [4.78, 5) is 32.3. The van der Waals surface area contributed by atoms with E-state index in [1.54, 1.807) is 12.1 Å². The van der Waals surface area contributed by atoms with Crippen molar-refractivity contribution in [3.63, 3.8) is 0 Å². The fourth-order valence-electron chi connectivity index (χ4n) is 1.41. The molecule has 0 aromatic heterocycles. The highest BCUT2D eigenvalue weighted by Crippen LogP contribution is 2.53. The third-order valence-electron chi connectivity index (χ3n) is 2.03. The van der Waals surface area contributed by atoms with E-state index in [1.807, 2.05) is 0 Å². The van der Waals surface area contributed by atoms with E-state index in [9.17, 15) is 14.2 Å². The number of carbonyl (C=O) groups is 2. The zero-order chi connectivity index (χ0) is 11.2. The van der Waals surface area contributed by atoms with Crippen LogP contribution in [0.2, 0.25) is 0 Å². The molecule has 78 valence electrons. The van der Waals surface area contributed by atoms with Gasteiger partial charge in [0.15, 0.2) is 0 Å². The molecule has 1 aliphatic rings. The Hall–Kier alpha value is -1.10. The fraction of sp³-hybridized carbons (Fsp3) is 0. The van der Waals surface area contributed by atoms with Gasteiger partial charge in [-0.1, -0.05) is 24.4 Å². The molecule has 0 saturated carbocycles. The predicted molar refractivity (Wildman–Crippen MR) is 55.8 cm³/mol. The van der Waals surface area contributed by atoms with Crippen LogP contribution in [-0.4, -0.2) is 21.4 Å². The van der Waals surface area contributed by atoms with Crippen molar-refractivity contribution in [3.8, 4) is 0 Å². The van der Waals surface area contributed by atoms with Gasteiger partial charge in [0.25, 0.3) is 11.8 Å². The molecule has 0 aliphatic carbocycles. The first-order valence-corrected chi connectivity index (χ1v) is 6.73.